The predicted octanol–water partition coefficient (Wildman–Crippen LogP) is 4.82. The SMILES string of the molecule is CCCc1c(C(=O)Nc2ccc(C(=O)N3CCCNCC3)c(Cl)c2)cnn1-c1ccc(Cl)cc1. The molecule has 2 heterocycles. The van der Waals surface area contributed by atoms with E-state index < -0.39 is 0 Å². The average molecular weight is 500 g/mol. The Morgan fingerprint density at radius 2 is 1.85 bits per heavy atom. The summed E-state index contributed by atoms with van der Waals surface area (Å²) < 4.78 is 1.76. The molecule has 0 spiro atoms. The molecule has 2 N–H and O–H groups in total. The maximum absolute atomic E-state index is 13.1. The van der Waals surface area contributed by atoms with E-state index in [-0.39, 0.29) is 11.8 Å². The van der Waals surface area contributed by atoms with Gasteiger partial charge in [0.25, 0.3) is 11.8 Å². The van der Waals surface area contributed by atoms with Gasteiger partial charge in [-0.05, 0) is 61.9 Å². The van der Waals surface area contributed by atoms with Crippen molar-refractivity contribution in [1.82, 2.24) is 20.0 Å². The highest BCUT2D eigenvalue weighted by Crippen LogP contribution is 2.25. The third-order valence-corrected chi connectivity index (χ3v) is 6.32. The number of carbonyl (C=O) groups excluding carboxylic acids is 2. The van der Waals surface area contributed by atoms with Gasteiger partial charge in [-0.1, -0.05) is 36.5 Å². The van der Waals surface area contributed by atoms with Crippen molar-refractivity contribution in [2.75, 3.05) is 31.5 Å². The molecule has 2 aromatic carbocycles. The summed E-state index contributed by atoms with van der Waals surface area (Å²) in [5.74, 6) is -0.376. The van der Waals surface area contributed by atoms with Gasteiger partial charge in [0.2, 0.25) is 0 Å². The Bertz CT molecular complexity index is 1170. The normalized spacial score (nSPS) is 14.0. The number of hydrogen-bond donors (Lipinski definition) is 2. The molecule has 7 nitrogen and oxygen atoms in total. The zero-order valence-electron chi connectivity index (χ0n) is 19.0. The molecule has 1 saturated heterocycles. The Hall–Kier alpha value is -2.87. The van der Waals surface area contributed by atoms with E-state index in [4.69, 9.17) is 23.2 Å². The smallest absolute Gasteiger partial charge is 0.259 e. The second kappa shape index (κ2) is 11.0. The van der Waals surface area contributed by atoms with Gasteiger partial charge in [-0.3, -0.25) is 9.59 Å². The number of nitrogens with one attached hydrogen (secondary N) is 2. The van der Waals surface area contributed by atoms with Crippen LogP contribution in [0.4, 0.5) is 5.69 Å². The molecule has 1 aliphatic rings. The molecule has 1 fully saturated rings. The lowest BCUT2D eigenvalue weighted by atomic mass is 10.1. The Labute approximate surface area is 209 Å². The van der Waals surface area contributed by atoms with Crippen LogP contribution in [0.2, 0.25) is 10.0 Å². The number of nitrogens with zero attached hydrogens (tertiary/aromatic N) is 3. The summed E-state index contributed by atoms with van der Waals surface area (Å²) in [6.07, 6.45) is 4.02. The average Bonchev–Trinajstić information content (AvgIpc) is 3.05. The van der Waals surface area contributed by atoms with E-state index in [1.165, 1.54) is 0 Å². The van der Waals surface area contributed by atoms with E-state index in [2.05, 4.69) is 22.7 Å². The Kier molecular flexibility index (Phi) is 7.88. The molecule has 178 valence electrons. The first kappa shape index (κ1) is 24.3. The summed E-state index contributed by atoms with van der Waals surface area (Å²) in [7, 11) is 0. The molecule has 1 aromatic heterocycles. The zero-order valence-corrected chi connectivity index (χ0v) is 20.5. The second-order valence-electron chi connectivity index (χ2n) is 8.19. The second-order valence-corrected chi connectivity index (χ2v) is 9.03. The highest BCUT2D eigenvalue weighted by Gasteiger charge is 2.21. The number of benzene rings is 2. The van der Waals surface area contributed by atoms with Gasteiger partial charge in [0.05, 0.1) is 33.7 Å². The van der Waals surface area contributed by atoms with Gasteiger partial charge < -0.3 is 15.5 Å². The molecule has 9 heteroatoms. The predicted molar refractivity (Wildman–Crippen MR) is 135 cm³/mol. The van der Waals surface area contributed by atoms with Crippen molar-refractivity contribution in [1.29, 1.82) is 0 Å². The van der Waals surface area contributed by atoms with Crippen LogP contribution < -0.4 is 10.6 Å². The number of rotatable bonds is 6. The van der Waals surface area contributed by atoms with Gasteiger partial charge in [0.1, 0.15) is 0 Å². The third-order valence-electron chi connectivity index (χ3n) is 5.76. The monoisotopic (exact) mass is 499 g/mol. The van der Waals surface area contributed by atoms with Gasteiger partial charge in [-0.15, -0.1) is 0 Å². The Balaban J connectivity index is 1.53. The van der Waals surface area contributed by atoms with E-state index in [1.807, 2.05) is 17.0 Å². The standard InChI is InChI=1S/C25H27Cl2N5O2/c1-2-4-23-21(16-29-32(23)19-8-5-17(26)6-9-19)24(33)30-18-7-10-20(22(27)15-18)25(34)31-13-3-11-28-12-14-31/h5-10,15-16,28H,2-4,11-14H2,1H3,(H,30,33). The summed E-state index contributed by atoms with van der Waals surface area (Å²) in [5, 5.41) is 11.6. The van der Waals surface area contributed by atoms with E-state index in [0.29, 0.717) is 46.4 Å². The molecular formula is C25H27Cl2N5O2. The molecule has 2 amide bonds. The molecule has 0 saturated carbocycles. The molecule has 0 atom stereocenters. The fourth-order valence-electron chi connectivity index (χ4n) is 4.03. The van der Waals surface area contributed by atoms with Crippen LogP contribution in [0.15, 0.2) is 48.7 Å². The number of aromatic nitrogens is 2. The number of anilines is 1. The summed E-state index contributed by atoms with van der Waals surface area (Å²) in [6, 6.07) is 12.3. The summed E-state index contributed by atoms with van der Waals surface area (Å²) in [4.78, 5) is 27.8. The minimum absolute atomic E-state index is 0.0963. The Morgan fingerprint density at radius 3 is 2.59 bits per heavy atom. The lowest BCUT2D eigenvalue weighted by molar-refractivity contribution is 0.0766. The van der Waals surface area contributed by atoms with Crippen molar-refractivity contribution < 1.29 is 9.59 Å². The molecule has 3 aromatic rings. The molecule has 0 unspecified atom stereocenters. The number of carbonyl (C=O) groups is 2. The van der Waals surface area contributed by atoms with Crippen LogP contribution in [0.3, 0.4) is 0 Å². The van der Waals surface area contributed by atoms with Gasteiger partial charge in [0.15, 0.2) is 0 Å². The minimum Gasteiger partial charge on any atom is -0.337 e. The van der Waals surface area contributed by atoms with Crippen LogP contribution in [-0.4, -0.2) is 52.7 Å². The zero-order chi connectivity index (χ0) is 24.1. The highest BCUT2D eigenvalue weighted by atomic mass is 35.5. The number of amides is 2. The van der Waals surface area contributed by atoms with Crippen LogP contribution in [0.1, 0.15) is 46.2 Å². The first-order valence-electron chi connectivity index (χ1n) is 11.4. The first-order chi connectivity index (χ1) is 16.5. The van der Waals surface area contributed by atoms with Gasteiger partial charge in [-0.25, -0.2) is 4.68 Å². The van der Waals surface area contributed by atoms with Crippen molar-refractivity contribution in [3.05, 3.63) is 75.5 Å². The lowest BCUT2D eigenvalue weighted by Gasteiger charge is -2.20. The molecule has 34 heavy (non-hydrogen) atoms. The number of hydrogen-bond acceptors (Lipinski definition) is 4. The fourth-order valence-corrected chi connectivity index (χ4v) is 4.42. The van der Waals surface area contributed by atoms with E-state index in [1.54, 1.807) is 41.2 Å². The molecule has 0 aliphatic carbocycles. The van der Waals surface area contributed by atoms with Crippen molar-refractivity contribution in [3.8, 4) is 5.69 Å². The van der Waals surface area contributed by atoms with Crippen LogP contribution >= 0.6 is 23.2 Å². The molecule has 0 radical (unpaired) electrons. The summed E-state index contributed by atoms with van der Waals surface area (Å²) >= 11 is 12.5. The quantitative estimate of drug-likeness (QED) is 0.509. The van der Waals surface area contributed by atoms with E-state index >= 15 is 0 Å². The number of halogens is 2. The van der Waals surface area contributed by atoms with Crippen LogP contribution in [0.25, 0.3) is 5.69 Å². The van der Waals surface area contributed by atoms with E-state index in [0.717, 1.165) is 37.3 Å². The van der Waals surface area contributed by atoms with Crippen molar-refractivity contribution in [3.63, 3.8) is 0 Å². The Morgan fingerprint density at radius 1 is 1.06 bits per heavy atom. The molecule has 1 aliphatic heterocycles. The topological polar surface area (TPSA) is 79.3 Å². The third kappa shape index (κ3) is 5.43. The van der Waals surface area contributed by atoms with Crippen molar-refractivity contribution in [2.45, 2.75) is 26.2 Å². The summed E-state index contributed by atoms with van der Waals surface area (Å²) in [5.41, 5.74) is 3.09. The van der Waals surface area contributed by atoms with Crippen LogP contribution in [0.5, 0.6) is 0 Å². The van der Waals surface area contributed by atoms with E-state index in [9.17, 15) is 9.59 Å². The van der Waals surface area contributed by atoms with Crippen LogP contribution in [0, 0.1) is 0 Å². The minimum atomic E-state index is -0.280. The van der Waals surface area contributed by atoms with Crippen molar-refractivity contribution >= 4 is 40.7 Å². The molecule has 0 bridgehead atoms. The van der Waals surface area contributed by atoms with Crippen LogP contribution in [-0.2, 0) is 6.42 Å². The fraction of sp³-hybridized carbons (Fsp3) is 0.320. The van der Waals surface area contributed by atoms with Gasteiger partial charge in [0, 0.05) is 30.3 Å². The molecule has 4 rings (SSSR count). The van der Waals surface area contributed by atoms with Gasteiger partial charge >= 0.3 is 0 Å². The largest absolute Gasteiger partial charge is 0.337 e. The maximum Gasteiger partial charge on any atom is 0.259 e. The highest BCUT2D eigenvalue weighted by molar-refractivity contribution is 6.34. The maximum atomic E-state index is 13.1. The molecular weight excluding hydrogens is 473 g/mol. The van der Waals surface area contributed by atoms with Gasteiger partial charge in [-0.2, -0.15) is 5.10 Å². The first-order valence-corrected chi connectivity index (χ1v) is 12.2. The van der Waals surface area contributed by atoms with Crippen molar-refractivity contribution in [2.24, 2.45) is 0 Å². The summed E-state index contributed by atoms with van der Waals surface area (Å²) in [6.45, 7) is 5.05. The lowest BCUT2D eigenvalue weighted by Crippen LogP contribution is -2.34.